The number of carbonyl (C=O) groups is 1. The zero-order valence-electron chi connectivity index (χ0n) is 14.5. The third-order valence-electron chi connectivity index (χ3n) is 4.22. The molecule has 0 fully saturated rings. The quantitative estimate of drug-likeness (QED) is 0.513. The van der Waals surface area contributed by atoms with Crippen LogP contribution in [0.15, 0.2) is 79.4 Å². The van der Waals surface area contributed by atoms with E-state index in [9.17, 15) is 4.79 Å². The van der Waals surface area contributed by atoms with Gasteiger partial charge >= 0.3 is 0 Å². The van der Waals surface area contributed by atoms with Crippen LogP contribution in [0.4, 0.5) is 11.5 Å². The molecule has 1 N–H and O–H groups in total. The largest absolute Gasteiger partial charge is 0.340 e. The van der Waals surface area contributed by atoms with Crippen LogP contribution in [0.25, 0.3) is 10.9 Å². The van der Waals surface area contributed by atoms with Crippen molar-refractivity contribution in [1.29, 1.82) is 0 Å². The number of para-hydroxylation sites is 1. The lowest BCUT2D eigenvalue weighted by atomic mass is 10.0. The molecule has 0 spiro atoms. The van der Waals surface area contributed by atoms with E-state index in [4.69, 9.17) is 0 Å². The molecule has 4 rings (SSSR count). The third-order valence-corrected chi connectivity index (χ3v) is 4.22. The van der Waals surface area contributed by atoms with E-state index in [1.54, 1.807) is 12.4 Å². The molecule has 0 saturated carbocycles. The van der Waals surface area contributed by atoms with Crippen LogP contribution in [-0.4, -0.2) is 20.7 Å². The number of rotatable bonds is 6. The minimum Gasteiger partial charge on any atom is -0.340 e. The molecule has 0 saturated heterocycles. The Morgan fingerprint density at radius 3 is 2.63 bits per heavy atom. The first-order chi connectivity index (χ1) is 13.3. The van der Waals surface area contributed by atoms with Crippen molar-refractivity contribution in [1.82, 2.24) is 15.0 Å². The van der Waals surface area contributed by atoms with E-state index in [1.165, 1.54) is 6.33 Å². The Labute approximate surface area is 157 Å². The Hall–Kier alpha value is -3.60. The summed E-state index contributed by atoms with van der Waals surface area (Å²) in [5.41, 5.74) is 3.37. The molecule has 0 aliphatic carbocycles. The second kappa shape index (κ2) is 7.74. The molecule has 0 atom stereocenters. The van der Waals surface area contributed by atoms with Crippen LogP contribution in [0.5, 0.6) is 0 Å². The average molecular weight is 353 g/mol. The molecule has 5 heteroatoms. The Bertz CT molecular complexity index is 1060. The van der Waals surface area contributed by atoms with Crippen molar-refractivity contribution in [2.24, 2.45) is 0 Å². The maximum Gasteiger partial charge on any atom is 0.163 e. The lowest BCUT2D eigenvalue weighted by molar-refractivity contribution is 0.0992. The highest BCUT2D eigenvalue weighted by atomic mass is 16.1. The number of aromatic nitrogens is 3. The average Bonchev–Trinajstić information content (AvgIpc) is 2.74. The lowest BCUT2D eigenvalue weighted by Gasteiger charge is -2.09. The zero-order valence-corrected chi connectivity index (χ0v) is 14.5. The van der Waals surface area contributed by atoms with Gasteiger partial charge in [0.1, 0.15) is 12.1 Å². The van der Waals surface area contributed by atoms with Gasteiger partial charge in [0.25, 0.3) is 0 Å². The predicted molar refractivity (Wildman–Crippen MR) is 106 cm³/mol. The summed E-state index contributed by atoms with van der Waals surface area (Å²) in [7, 11) is 0. The number of anilines is 2. The van der Waals surface area contributed by atoms with E-state index in [0.29, 0.717) is 12.0 Å². The Kier molecular flexibility index (Phi) is 4.83. The van der Waals surface area contributed by atoms with Gasteiger partial charge in [0, 0.05) is 35.5 Å². The molecular weight excluding hydrogens is 336 g/mol. The fourth-order valence-electron chi connectivity index (χ4n) is 2.81. The molecule has 27 heavy (non-hydrogen) atoms. The number of nitrogens with zero attached hydrogens (tertiary/aromatic N) is 3. The fraction of sp³-hybridized carbons (Fsp3) is 0.0455. The highest BCUT2D eigenvalue weighted by Gasteiger charge is 2.08. The monoisotopic (exact) mass is 353 g/mol. The summed E-state index contributed by atoms with van der Waals surface area (Å²) in [6.07, 6.45) is 7.22. The summed E-state index contributed by atoms with van der Waals surface area (Å²) in [5, 5.41) is 4.24. The first kappa shape index (κ1) is 16.8. The van der Waals surface area contributed by atoms with Crippen molar-refractivity contribution in [2.45, 2.75) is 6.42 Å². The van der Waals surface area contributed by atoms with E-state index < -0.39 is 0 Å². The van der Waals surface area contributed by atoms with E-state index in [1.807, 2.05) is 67.1 Å². The summed E-state index contributed by atoms with van der Waals surface area (Å²) in [4.78, 5) is 25.0. The van der Waals surface area contributed by atoms with E-state index >= 15 is 0 Å². The van der Waals surface area contributed by atoms with Crippen molar-refractivity contribution < 1.29 is 4.79 Å². The van der Waals surface area contributed by atoms with Gasteiger partial charge in [-0.2, -0.15) is 0 Å². The summed E-state index contributed by atoms with van der Waals surface area (Å²) in [6.45, 7) is 0. The van der Waals surface area contributed by atoms with Crippen LogP contribution in [0.3, 0.4) is 0 Å². The van der Waals surface area contributed by atoms with Crippen molar-refractivity contribution >= 4 is 28.2 Å². The van der Waals surface area contributed by atoms with Crippen LogP contribution in [-0.2, 0) is 0 Å². The summed E-state index contributed by atoms with van der Waals surface area (Å²) < 4.78 is 0. The zero-order chi connectivity index (χ0) is 18.5. The second-order valence-corrected chi connectivity index (χ2v) is 6.06. The molecular formula is C22H17N4O. The van der Waals surface area contributed by atoms with Gasteiger partial charge in [0.2, 0.25) is 0 Å². The smallest absolute Gasteiger partial charge is 0.163 e. The lowest BCUT2D eigenvalue weighted by Crippen LogP contribution is -2.01. The van der Waals surface area contributed by atoms with Crippen molar-refractivity contribution in [3.8, 4) is 0 Å². The molecule has 0 amide bonds. The van der Waals surface area contributed by atoms with Crippen LogP contribution in [0.2, 0.25) is 0 Å². The Morgan fingerprint density at radius 2 is 1.81 bits per heavy atom. The Morgan fingerprint density at radius 1 is 0.963 bits per heavy atom. The first-order valence-corrected chi connectivity index (χ1v) is 8.63. The standard InChI is InChI=1S/C22H17N4O/c27-21(12-7-16-4-3-13-23-14-16)17-8-10-18(11-9-17)26-22-19-5-1-2-6-20(19)24-15-25-22/h1-11,13-15H,12H2,(H,24,25,26). The molecule has 2 aromatic carbocycles. The molecule has 0 unspecified atom stereocenters. The van der Waals surface area contributed by atoms with Crippen molar-refractivity contribution in [2.75, 3.05) is 5.32 Å². The number of hydrogen-bond donors (Lipinski definition) is 1. The SMILES string of the molecule is O=C(C[CH]c1cccnc1)c1ccc(Nc2ncnc3ccccc23)cc1. The minimum absolute atomic E-state index is 0.0675. The van der Waals surface area contributed by atoms with Gasteiger partial charge in [0.05, 0.1) is 5.52 Å². The summed E-state index contributed by atoms with van der Waals surface area (Å²) in [6, 6.07) is 19.0. The molecule has 0 aliphatic heterocycles. The number of Topliss-reactive ketones (excluding diaryl/α,β-unsaturated/α-hetero) is 1. The summed E-state index contributed by atoms with van der Waals surface area (Å²) in [5.74, 6) is 0.808. The predicted octanol–water partition coefficient (Wildman–Crippen LogP) is 4.59. The number of fused-ring (bicyclic) bond motifs is 1. The van der Waals surface area contributed by atoms with Crippen LogP contribution < -0.4 is 5.32 Å². The number of ketones is 1. The normalized spacial score (nSPS) is 10.7. The highest BCUT2D eigenvalue weighted by Crippen LogP contribution is 2.23. The Balaban J connectivity index is 1.45. The van der Waals surface area contributed by atoms with Crippen LogP contribution >= 0.6 is 0 Å². The van der Waals surface area contributed by atoms with Gasteiger partial charge in [-0.15, -0.1) is 0 Å². The third kappa shape index (κ3) is 3.98. The maximum absolute atomic E-state index is 12.4. The van der Waals surface area contributed by atoms with E-state index in [-0.39, 0.29) is 5.78 Å². The second-order valence-electron chi connectivity index (χ2n) is 6.06. The number of carbonyl (C=O) groups excluding carboxylic acids is 1. The molecule has 0 bridgehead atoms. The number of hydrogen-bond acceptors (Lipinski definition) is 5. The van der Waals surface area contributed by atoms with Gasteiger partial charge in [-0.1, -0.05) is 18.2 Å². The molecule has 5 nitrogen and oxygen atoms in total. The molecule has 131 valence electrons. The number of benzene rings is 2. The summed E-state index contributed by atoms with van der Waals surface area (Å²) >= 11 is 0. The molecule has 2 heterocycles. The highest BCUT2D eigenvalue weighted by molar-refractivity contribution is 5.97. The molecule has 2 aromatic heterocycles. The van der Waals surface area contributed by atoms with E-state index in [0.717, 1.165) is 28.0 Å². The number of pyridine rings is 1. The topological polar surface area (TPSA) is 67.8 Å². The van der Waals surface area contributed by atoms with Crippen LogP contribution in [0, 0.1) is 6.42 Å². The fourth-order valence-corrected chi connectivity index (χ4v) is 2.81. The number of nitrogens with one attached hydrogen (secondary N) is 1. The maximum atomic E-state index is 12.4. The van der Waals surface area contributed by atoms with Gasteiger partial charge in [-0.3, -0.25) is 9.78 Å². The van der Waals surface area contributed by atoms with Crippen molar-refractivity contribution in [3.05, 3.63) is 96.9 Å². The van der Waals surface area contributed by atoms with Crippen LogP contribution in [0.1, 0.15) is 22.3 Å². The van der Waals surface area contributed by atoms with E-state index in [2.05, 4.69) is 20.3 Å². The van der Waals surface area contributed by atoms with Gasteiger partial charge in [0.15, 0.2) is 5.78 Å². The van der Waals surface area contributed by atoms with Gasteiger partial charge in [-0.05, 0) is 54.4 Å². The van der Waals surface area contributed by atoms with Gasteiger partial charge in [-0.25, -0.2) is 9.97 Å². The molecule has 0 aliphatic rings. The molecule has 1 radical (unpaired) electrons. The minimum atomic E-state index is 0.0675. The molecule has 4 aromatic rings. The van der Waals surface area contributed by atoms with Crippen molar-refractivity contribution in [3.63, 3.8) is 0 Å². The van der Waals surface area contributed by atoms with Gasteiger partial charge < -0.3 is 5.32 Å². The first-order valence-electron chi connectivity index (χ1n) is 8.63.